The average Bonchev–Trinajstić information content (AvgIpc) is 2.86. The molecule has 4 rings (SSSR count). The molecule has 35 heavy (non-hydrogen) atoms. The summed E-state index contributed by atoms with van der Waals surface area (Å²) in [6.07, 6.45) is 8.72. The Balaban J connectivity index is 1.35. The summed E-state index contributed by atoms with van der Waals surface area (Å²) in [4.78, 5) is 19.0. The zero-order valence-corrected chi connectivity index (χ0v) is 21.6. The highest BCUT2D eigenvalue weighted by Gasteiger charge is 2.32. The summed E-state index contributed by atoms with van der Waals surface area (Å²) in [7, 11) is 0. The maximum atomic E-state index is 11.0. The molecule has 1 N–H and O–H groups in total. The summed E-state index contributed by atoms with van der Waals surface area (Å²) in [5.74, 6) is -0.186. The minimum absolute atomic E-state index is 0.217. The standard InChI is InChI=1S/C30H40N2O3/c1-4-23-15-22(11-12-27(23)17-32-18-28(19-32)30(33)34)20-35-31-21(3)26-13-14-29(24(5-2)16-26)25-9-7-6-8-10-25/h11-16,25,28H,4-10,17-20H2,1-3H3,(H,33,34)/b31-21+. The molecule has 2 aromatic rings. The average molecular weight is 477 g/mol. The number of carboxylic acids is 1. The van der Waals surface area contributed by atoms with E-state index in [2.05, 4.69) is 60.3 Å². The molecule has 1 aliphatic carbocycles. The third kappa shape index (κ3) is 6.32. The monoisotopic (exact) mass is 476 g/mol. The van der Waals surface area contributed by atoms with Gasteiger partial charge in [-0.2, -0.15) is 0 Å². The number of benzene rings is 2. The molecular weight excluding hydrogens is 436 g/mol. The summed E-state index contributed by atoms with van der Waals surface area (Å²) in [5, 5.41) is 13.5. The van der Waals surface area contributed by atoms with E-state index in [9.17, 15) is 4.79 Å². The van der Waals surface area contributed by atoms with Crippen molar-refractivity contribution in [2.45, 2.75) is 84.8 Å². The van der Waals surface area contributed by atoms with E-state index < -0.39 is 5.97 Å². The summed E-state index contributed by atoms with van der Waals surface area (Å²) in [6.45, 7) is 8.95. The zero-order chi connectivity index (χ0) is 24.8. The summed E-state index contributed by atoms with van der Waals surface area (Å²) in [6, 6.07) is 13.3. The van der Waals surface area contributed by atoms with Crippen molar-refractivity contribution in [3.05, 3.63) is 69.8 Å². The first-order valence-electron chi connectivity index (χ1n) is 13.3. The lowest BCUT2D eigenvalue weighted by Gasteiger charge is -2.37. The van der Waals surface area contributed by atoms with E-state index in [0.29, 0.717) is 19.7 Å². The Morgan fingerprint density at radius 3 is 2.43 bits per heavy atom. The highest BCUT2D eigenvalue weighted by atomic mass is 16.6. The first-order chi connectivity index (χ1) is 17.0. The van der Waals surface area contributed by atoms with Crippen LogP contribution in [0, 0.1) is 5.92 Å². The van der Waals surface area contributed by atoms with Crippen molar-refractivity contribution in [1.82, 2.24) is 4.90 Å². The van der Waals surface area contributed by atoms with Gasteiger partial charge in [-0.05, 0) is 78.0 Å². The van der Waals surface area contributed by atoms with Gasteiger partial charge in [0.1, 0.15) is 6.61 Å². The van der Waals surface area contributed by atoms with Crippen LogP contribution in [-0.2, 0) is 35.6 Å². The van der Waals surface area contributed by atoms with Crippen molar-refractivity contribution in [3.63, 3.8) is 0 Å². The van der Waals surface area contributed by atoms with Gasteiger partial charge in [0, 0.05) is 19.6 Å². The predicted molar refractivity (Wildman–Crippen MR) is 141 cm³/mol. The molecule has 1 aliphatic heterocycles. The van der Waals surface area contributed by atoms with Crippen molar-refractivity contribution < 1.29 is 14.7 Å². The number of hydrogen-bond acceptors (Lipinski definition) is 4. The molecule has 5 nitrogen and oxygen atoms in total. The fourth-order valence-electron chi connectivity index (χ4n) is 5.55. The topological polar surface area (TPSA) is 62.1 Å². The minimum atomic E-state index is -0.689. The number of carbonyl (C=O) groups is 1. The smallest absolute Gasteiger partial charge is 0.309 e. The number of rotatable bonds is 10. The molecule has 0 atom stereocenters. The van der Waals surface area contributed by atoms with Crippen LogP contribution in [0.3, 0.4) is 0 Å². The van der Waals surface area contributed by atoms with Gasteiger partial charge in [0.25, 0.3) is 0 Å². The van der Waals surface area contributed by atoms with E-state index in [0.717, 1.165) is 42.1 Å². The quantitative estimate of drug-likeness (QED) is 0.322. The van der Waals surface area contributed by atoms with Crippen LogP contribution in [0.1, 0.15) is 92.2 Å². The van der Waals surface area contributed by atoms with Crippen LogP contribution >= 0.6 is 0 Å². The summed E-state index contributed by atoms with van der Waals surface area (Å²) >= 11 is 0. The second-order valence-electron chi connectivity index (χ2n) is 10.2. The normalized spacial score (nSPS) is 17.9. The van der Waals surface area contributed by atoms with E-state index in [4.69, 9.17) is 9.94 Å². The molecule has 0 radical (unpaired) electrons. The third-order valence-electron chi connectivity index (χ3n) is 7.77. The largest absolute Gasteiger partial charge is 0.481 e. The lowest BCUT2D eigenvalue weighted by molar-refractivity contribution is -0.147. The number of hydrogen-bond donors (Lipinski definition) is 1. The maximum Gasteiger partial charge on any atom is 0.309 e. The van der Waals surface area contributed by atoms with Gasteiger partial charge in [0.15, 0.2) is 0 Å². The molecule has 0 aromatic heterocycles. The lowest BCUT2D eigenvalue weighted by Crippen LogP contribution is -2.49. The molecule has 2 aromatic carbocycles. The zero-order valence-electron chi connectivity index (χ0n) is 21.6. The van der Waals surface area contributed by atoms with Crippen LogP contribution in [0.2, 0.25) is 0 Å². The highest BCUT2D eigenvalue weighted by molar-refractivity contribution is 5.98. The van der Waals surface area contributed by atoms with Gasteiger partial charge in [0.2, 0.25) is 0 Å². The fraction of sp³-hybridized carbons (Fsp3) is 0.533. The molecule has 1 saturated heterocycles. The minimum Gasteiger partial charge on any atom is -0.481 e. The molecule has 2 fully saturated rings. The van der Waals surface area contributed by atoms with Crippen LogP contribution in [-0.4, -0.2) is 34.8 Å². The Morgan fingerprint density at radius 2 is 1.74 bits per heavy atom. The molecule has 0 amide bonds. The molecule has 1 saturated carbocycles. The number of likely N-dealkylation sites (tertiary alicyclic amines) is 1. The number of oxime groups is 1. The van der Waals surface area contributed by atoms with Crippen molar-refractivity contribution in [1.29, 1.82) is 0 Å². The highest BCUT2D eigenvalue weighted by Crippen LogP contribution is 2.35. The van der Waals surface area contributed by atoms with Gasteiger partial charge < -0.3 is 9.94 Å². The Kier molecular flexibility index (Phi) is 8.61. The van der Waals surface area contributed by atoms with Crippen LogP contribution in [0.15, 0.2) is 41.6 Å². The van der Waals surface area contributed by atoms with Crippen LogP contribution in [0.25, 0.3) is 0 Å². The predicted octanol–water partition coefficient (Wildman–Crippen LogP) is 6.32. The van der Waals surface area contributed by atoms with Crippen LogP contribution in [0.4, 0.5) is 0 Å². The molecule has 0 spiro atoms. The second kappa shape index (κ2) is 11.9. The molecule has 1 heterocycles. The maximum absolute atomic E-state index is 11.0. The first kappa shape index (κ1) is 25.4. The second-order valence-corrected chi connectivity index (χ2v) is 10.2. The fourth-order valence-corrected chi connectivity index (χ4v) is 5.55. The van der Waals surface area contributed by atoms with Crippen molar-refractivity contribution in [2.24, 2.45) is 11.1 Å². The van der Waals surface area contributed by atoms with Gasteiger partial charge in [-0.15, -0.1) is 0 Å². The first-order valence-corrected chi connectivity index (χ1v) is 13.3. The van der Waals surface area contributed by atoms with Gasteiger partial charge in [-0.1, -0.05) is 68.6 Å². The Labute approximate surface area is 210 Å². The van der Waals surface area contributed by atoms with E-state index in [1.807, 2.05) is 6.92 Å². The van der Waals surface area contributed by atoms with E-state index in [-0.39, 0.29) is 5.92 Å². The van der Waals surface area contributed by atoms with Gasteiger partial charge >= 0.3 is 5.97 Å². The lowest BCUT2D eigenvalue weighted by atomic mass is 9.81. The van der Waals surface area contributed by atoms with Crippen molar-refractivity contribution >= 4 is 11.7 Å². The molecule has 0 unspecified atom stereocenters. The number of nitrogens with zero attached hydrogens (tertiary/aromatic N) is 2. The van der Waals surface area contributed by atoms with Gasteiger partial charge in [-0.3, -0.25) is 9.69 Å². The van der Waals surface area contributed by atoms with E-state index in [1.54, 1.807) is 0 Å². The molecular formula is C30H40N2O3. The number of carboxylic acid groups (broad SMARTS) is 1. The number of aliphatic carboxylic acids is 1. The number of aryl methyl sites for hydroxylation is 2. The van der Waals surface area contributed by atoms with Gasteiger partial charge in [0.05, 0.1) is 11.6 Å². The summed E-state index contributed by atoms with van der Waals surface area (Å²) < 4.78 is 0. The Hall–Kier alpha value is -2.66. The molecule has 5 heteroatoms. The Morgan fingerprint density at radius 1 is 1.00 bits per heavy atom. The van der Waals surface area contributed by atoms with E-state index >= 15 is 0 Å². The van der Waals surface area contributed by atoms with Crippen molar-refractivity contribution in [2.75, 3.05) is 13.1 Å². The molecule has 188 valence electrons. The Bertz CT molecular complexity index is 1050. The SMILES string of the molecule is CCc1cc(CO/N=C(\C)c2ccc(C3CCCCC3)c(CC)c2)ccc1CN1CC(C(=O)O)C1. The molecule has 2 aliphatic rings. The third-order valence-corrected chi connectivity index (χ3v) is 7.77. The van der Waals surface area contributed by atoms with E-state index in [1.165, 1.54) is 54.4 Å². The van der Waals surface area contributed by atoms with Crippen molar-refractivity contribution in [3.8, 4) is 0 Å². The van der Waals surface area contributed by atoms with Gasteiger partial charge in [-0.25, -0.2) is 0 Å². The van der Waals surface area contributed by atoms with Crippen LogP contribution in [0.5, 0.6) is 0 Å². The molecule has 0 bridgehead atoms. The summed E-state index contributed by atoms with van der Waals surface area (Å²) in [5.41, 5.74) is 8.70. The van der Waals surface area contributed by atoms with Crippen LogP contribution < -0.4 is 0 Å².